The molecule has 3 nitrogen and oxygen atoms in total. The van der Waals surface area contributed by atoms with E-state index in [2.05, 4.69) is 19.1 Å². The van der Waals surface area contributed by atoms with Gasteiger partial charge in [0.25, 0.3) is 0 Å². The van der Waals surface area contributed by atoms with Crippen LogP contribution in [0, 0.1) is 5.92 Å². The van der Waals surface area contributed by atoms with Crippen molar-refractivity contribution in [1.29, 1.82) is 0 Å². The Hall–Kier alpha value is -1.35. The first-order chi connectivity index (χ1) is 9.16. The summed E-state index contributed by atoms with van der Waals surface area (Å²) in [6.45, 7) is 3.79. The molecule has 19 heavy (non-hydrogen) atoms. The second-order valence-electron chi connectivity index (χ2n) is 5.61. The van der Waals surface area contributed by atoms with Crippen molar-refractivity contribution in [2.45, 2.75) is 38.6 Å². The minimum absolute atomic E-state index is 0.258. The number of rotatable bonds is 4. The van der Waals surface area contributed by atoms with Crippen molar-refractivity contribution in [3.63, 3.8) is 0 Å². The van der Waals surface area contributed by atoms with Gasteiger partial charge in [-0.15, -0.1) is 0 Å². The number of carbonyl (C=O) groups is 1. The number of aryl methyl sites for hydroxylation is 1. The second-order valence-corrected chi connectivity index (χ2v) is 5.61. The molecular weight excluding hydrogens is 236 g/mol. The van der Waals surface area contributed by atoms with Gasteiger partial charge in [0.15, 0.2) is 0 Å². The highest BCUT2D eigenvalue weighted by Crippen LogP contribution is 2.16. The van der Waals surface area contributed by atoms with Crippen LogP contribution in [0.2, 0.25) is 0 Å². The average molecular weight is 260 g/mol. The van der Waals surface area contributed by atoms with E-state index in [9.17, 15) is 4.79 Å². The molecule has 1 aliphatic rings. The van der Waals surface area contributed by atoms with Gasteiger partial charge < -0.3 is 10.6 Å². The molecule has 0 bridgehead atoms. The molecular formula is C16H24N2O. The van der Waals surface area contributed by atoms with Crippen LogP contribution in [0.25, 0.3) is 0 Å². The van der Waals surface area contributed by atoms with E-state index >= 15 is 0 Å². The predicted octanol–water partition coefficient (Wildman–Crippen LogP) is 2.21. The van der Waals surface area contributed by atoms with E-state index in [0.717, 1.165) is 32.4 Å². The zero-order valence-electron chi connectivity index (χ0n) is 11.7. The molecule has 2 unspecified atom stereocenters. The highest BCUT2D eigenvalue weighted by atomic mass is 16.2. The third-order valence-corrected chi connectivity index (χ3v) is 4.02. The fourth-order valence-electron chi connectivity index (χ4n) is 2.64. The van der Waals surface area contributed by atoms with Gasteiger partial charge in [0.05, 0.1) is 0 Å². The van der Waals surface area contributed by atoms with Crippen molar-refractivity contribution in [3.8, 4) is 0 Å². The lowest BCUT2D eigenvalue weighted by Gasteiger charge is -2.35. The van der Waals surface area contributed by atoms with Crippen LogP contribution in [-0.4, -0.2) is 29.9 Å². The van der Waals surface area contributed by atoms with Gasteiger partial charge in [0.1, 0.15) is 0 Å². The van der Waals surface area contributed by atoms with E-state index in [1.165, 1.54) is 5.56 Å². The normalized spacial score (nSPS) is 23.4. The third kappa shape index (κ3) is 4.06. The van der Waals surface area contributed by atoms with Crippen molar-refractivity contribution in [2.75, 3.05) is 13.1 Å². The highest BCUT2D eigenvalue weighted by molar-refractivity contribution is 5.76. The number of amides is 1. The summed E-state index contributed by atoms with van der Waals surface area (Å²) < 4.78 is 0. The Labute approximate surface area is 115 Å². The van der Waals surface area contributed by atoms with Crippen LogP contribution in [0.5, 0.6) is 0 Å². The molecule has 0 aliphatic carbocycles. The van der Waals surface area contributed by atoms with Gasteiger partial charge in [0, 0.05) is 25.6 Å². The van der Waals surface area contributed by atoms with Crippen molar-refractivity contribution in [3.05, 3.63) is 35.9 Å². The molecule has 0 radical (unpaired) electrons. The fourth-order valence-corrected chi connectivity index (χ4v) is 2.64. The quantitative estimate of drug-likeness (QED) is 0.902. The van der Waals surface area contributed by atoms with Crippen molar-refractivity contribution >= 4 is 5.91 Å². The summed E-state index contributed by atoms with van der Waals surface area (Å²) >= 11 is 0. The maximum Gasteiger partial charge on any atom is 0.222 e. The Bertz CT molecular complexity index is 404. The lowest BCUT2D eigenvalue weighted by atomic mass is 9.94. The minimum atomic E-state index is 0.258. The Morgan fingerprint density at radius 2 is 2.11 bits per heavy atom. The molecule has 1 aromatic rings. The Kier molecular flexibility index (Phi) is 4.97. The topological polar surface area (TPSA) is 46.3 Å². The Balaban J connectivity index is 1.73. The summed E-state index contributed by atoms with van der Waals surface area (Å²) in [4.78, 5) is 14.1. The van der Waals surface area contributed by atoms with Gasteiger partial charge in [-0.2, -0.15) is 0 Å². The minimum Gasteiger partial charge on any atom is -0.342 e. The lowest BCUT2D eigenvalue weighted by molar-refractivity contribution is -0.133. The van der Waals surface area contributed by atoms with Crippen molar-refractivity contribution < 1.29 is 4.79 Å². The van der Waals surface area contributed by atoms with E-state index in [4.69, 9.17) is 5.73 Å². The maximum atomic E-state index is 12.1. The van der Waals surface area contributed by atoms with Gasteiger partial charge in [-0.25, -0.2) is 0 Å². The van der Waals surface area contributed by atoms with E-state index in [1.807, 2.05) is 23.1 Å². The molecule has 0 aromatic heterocycles. The molecule has 0 spiro atoms. The highest BCUT2D eigenvalue weighted by Gasteiger charge is 2.25. The van der Waals surface area contributed by atoms with Gasteiger partial charge in [-0.3, -0.25) is 4.79 Å². The van der Waals surface area contributed by atoms with E-state index < -0.39 is 0 Å². The first kappa shape index (κ1) is 14.1. The molecule has 104 valence electrons. The van der Waals surface area contributed by atoms with Crippen LogP contribution in [0.15, 0.2) is 30.3 Å². The molecule has 1 aromatic carbocycles. The summed E-state index contributed by atoms with van der Waals surface area (Å²) in [6.07, 6.45) is 3.50. The largest absolute Gasteiger partial charge is 0.342 e. The van der Waals surface area contributed by atoms with Gasteiger partial charge in [-0.05, 0) is 30.7 Å². The number of nitrogens with zero attached hydrogens (tertiary/aromatic N) is 1. The molecule has 2 N–H and O–H groups in total. The SMILES string of the molecule is CC1CN(C(=O)CCCc2ccccc2)CCC1N. The monoisotopic (exact) mass is 260 g/mol. The standard InChI is InChI=1S/C16H24N2O/c1-13-12-18(11-10-15(13)17)16(19)9-5-8-14-6-3-2-4-7-14/h2-4,6-7,13,15H,5,8-12,17H2,1H3. The van der Waals surface area contributed by atoms with E-state index in [1.54, 1.807) is 0 Å². The fraction of sp³-hybridized carbons (Fsp3) is 0.562. The lowest BCUT2D eigenvalue weighted by Crippen LogP contribution is -2.48. The molecule has 0 saturated carbocycles. The zero-order valence-corrected chi connectivity index (χ0v) is 11.7. The summed E-state index contributed by atoms with van der Waals surface area (Å²) in [6, 6.07) is 10.6. The first-order valence-corrected chi connectivity index (χ1v) is 7.24. The van der Waals surface area contributed by atoms with Crippen LogP contribution >= 0.6 is 0 Å². The first-order valence-electron chi connectivity index (χ1n) is 7.24. The number of hydrogen-bond donors (Lipinski definition) is 1. The van der Waals surface area contributed by atoms with Crippen molar-refractivity contribution in [2.24, 2.45) is 11.7 Å². The summed E-state index contributed by atoms with van der Waals surface area (Å²) in [5, 5.41) is 0. The number of hydrogen-bond acceptors (Lipinski definition) is 2. The zero-order chi connectivity index (χ0) is 13.7. The third-order valence-electron chi connectivity index (χ3n) is 4.02. The van der Waals surface area contributed by atoms with Gasteiger partial charge in [0.2, 0.25) is 5.91 Å². The number of piperidine rings is 1. The summed E-state index contributed by atoms with van der Waals surface area (Å²) in [7, 11) is 0. The van der Waals surface area contributed by atoms with E-state index in [0.29, 0.717) is 12.3 Å². The number of likely N-dealkylation sites (tertiary alicyclic amines) is 1. The van der Waals surface area contributed by atoms with Crippen LogP contribution in [0.4, 0.5) is 0 Å². The Morgan fingerprint density at radius 1 is 1.37 bits per heavy atom. The van der Waals surface area contributed by atoms with E-state index in [-0.39, 0.29) is 11.9 Å². The molecule has 3 heteroatoms. The molecule has 2 atom stereocenters. The van der Waals surface area contributed by atoms with Gasteiger partial charge in [-0.1, -0.05) is 37.3 Å². The second kappa shape index (κ2) is 6.71. The molecule has 1 aliphatic heterocycles. The van der Waals surface area contributed by atoms with Crippen LogP contribution in [0.1, 0.15) is 31.7 Å². The number of nitrogens with two attached hydrogens (primary N) is 1. The predicted molar refractivity (Wildman–Crippen MR) is 77.7 cm³/mol. The van der Waals surface area contributed by atoms with Gasteiger partial charge >= 0.3 is 0 Å². The number of carbonyl (C=O) groups excluding carboxylic acids is 1. The number of benzene rings is 1. The summed E-state index contributed by atoms with van der Waals surface area (Å²) in [5.74, 6) is 0.710. The maximum absolute atomic E-state index is 12.1. The smallest absolute Gasteiger partial charge is 0.222 e. The Morgan fingerprint density at radius 3 is 2.79 bits per heavy atom. The van der Waals surface area contributed by atoms with Crippen molar-refractivity contribution in [1.82, 2.24) is 4.90 Å². The molecule has 1 saturated heterocycles. The van der Waals surface area contributed by atoms with Crippen LogP contribution < -0.4 is 5.73 Å². The van der Waals surface area contributed by atoms with Crippen LogP contribution in [-0.2, 0) is 11.2 Å². The molecule has 2 rings (SSSR count). The average Bonchev–Trinajstić information content (AvgIpc) is 2.43. The molecule has 1 heterocycles. The summed E-state index contributed by atoms with van der Waals surface area (Å²) in [5.41, 5.74) is 7.29. The molecule has 1 amide bonds. The molecule has 1 fully saturated rings. The van der Waals surface area contributed by atoms with Crippen LogP contribution in [0.3, 0.4) is 0 Å².